The third-order valence-corrected chi connectivity index (χ3v) is 4.06. The Bertz CT molecular complexity index is 592. The van der Waals surface area contributed by atoms with Crippen molar-refractivity contribution in [3.8, 4) is 0 Å². The van der Waals surface area contributed by atoms with Gasteiger partial charge < -0.3 is 10.0 Å². The average Bonchev–Trinajstić information content (AvgIpc) is 2.75. The second-order valence-electron chi connectivity index (χ2n) is 5.84. The molecule has 21 heavy (non-hydrogen) atoms. The molecule has 1 aliphatic heterocycles. The Morgan fingerprint density at radius 1 is 1.33 bits per heavy atom. The molecule has 1 aliphatic rings. The molecule has 1 heterocycles. The van der Waals surface area contributed by atoms with E-state index in [2.05, 4.69) is 13.8 Å². The molecule has 1 amide bonds. The highest BCUT2D eigenvalue weighted by Gasteiger charge is 2.31. The van der Waals surface area contributed by atoms with Crippen molar-refractivity contribution < 1.29 is 14.7 Å². The Morgan fingerprint density at radius 3 is 2.62 bits per heavy atom. The van der Waals surface area contributed by atoms with Crippen molar-refractivity contribution >= 4 is 18.0 Å². The van der Waals surface area contributed by atoms with Crippen LogP contribution >= 0.6 is 0 Å². The number of carbonyl (C=O) groups is 2. The van der Waals surface area contributed by atoms with Gasteiger partial charge in [-0.2, -0.15) is 0 Å². The van der Waals surface area contributed by atoms with Gasteiger partial charge in [-0.3, -0.25) is 4.79 Å². The van der Waals surface area contributed by atoms with Crippen LogP contribution in [-0.2, 0) is 4.79 Å². The summed E-state index contributed by atoms with van der Waals surface area (Å²) >= 11 is 0. The fourth-order valence-corrected chi connectivity index (χ4v) is 2.96. The smallest absolute Gasteiger partial charge is 0.328 e. The highest BCUT2D eigenvalue weighted by molar-refractivity contribution is 5.97. The molecule has 0 radical (unpaired) electrons. The monoisotopic (exact) mass is 287 g/mol. The summed E-state index contributed by atoms with van der Waals surface area (Å²) in [4.78, 5) is 25.2. The van der Waals surface area contributed by atoms with Crippen molar-refractivity contribution in [3.05, 3.63) is 41.0 Å². The van der Waals surface area contributed by atoms with Crippen LogP contribution in [0.4, 0.5) is 0 Å². The molecular formula is C17H21NO3. The Kier molecular flexibility index (Phi) is 4.46. The lowest BCUT2D eigenvalue weighted by atomic mass is 10.0. The molecule has 2 atom stereocenters. The molecule has 0 bridgehead atoms. The van der Waals surface area contributed by atoms with Gasteiger partial charge in [0.05, 0.1) is 0 Å². The van der Waals surface area contributed by atoms with E-state index in [-0.39, 0.29) is 11.9 Å². The SMILES string of the molecule is Cc1c(/C=C/C(=O)O)cccc1C(=O)N1CC(C)CC1C. The zero-order chi connectivity index (χ0) is 15.6. The molecule has 4 nitrogen and oxygen atoms in total. The molecular weight excluding hydrogens is 266 g/mol. The van der Waals surface area contributed by atoms with Crippen LogP contribution in [0.2, 0.25) is 0 Å². The molecule has 0 saturated carbocycles. The average molecular weight is 287 g/mol. The third kappa shape index (κ3) is 3.32. The summed E-state index contributed by atoms with van der Waals surface area (Å²) in [6.07, 6.45) is 3.66. The summed E-state index contributed by atoms with van der Waals surface area (Å²) in [7, 11) is 0. The Labute approximate surface area is 125 Å². The molecule has 0 aromatic heterocycles. The van der Waals surface area contributed by atoms with Gasteiger partial charge in [-0.1, -0.05) is 19.1 Å². The highest BCUT2D eigenvalue weighted by atomic mass is 16.4. The van der Waals surface area contributed by atoms with E-state index in [0.717, 1.165) is 30.2 Å². The van der Waals surface area contributed by atoms with Gasteiger partial charge in [-0.05, 0) is 49.5 Å². The summed E-state index contributed by atoms with van der Waals surface area (Å²) in [6, 6.07) is 5.68. The minimum absolute atomic E-state index is 0.0370. The molecule has 2 rings (SSSR count). The number of rotatable bonds is 3. The van der Waals surface area contributed by atoms with Crippen molar-refractivity contribution in [1.82, 2.24) is 4.90 Å². The van der Waals surface area contributed by atoms with Gasteiger partial charge in [0.25, 0.3) is 5.91 Å². The van der Waals surface area contributed by atoms with Gasteiger partial charge in [-0.25, -0.2) is 4.79 Å². The van der Waals surface area contributed by atoms with E-state index in [1.165, 1.54) is 6.08 Å². The Morgan fingerprint density at radius 2 is 2.05 bits per heavy atom. The minimum atomic E-state index is -0.992. The molecule has 0 spiro atoms. The maximum Gasteiger partial charge on any atom is 0.328 e. The van der Waals surface area contributed by atoms with Crippen LogP contribution in [0.15, 0.2) is 24.3 Å². The third-order valence-electron chi connectivity index (χ3n) is 4.06. The summed E-state index contributed by atoms with van der Waals surface area (Å²) < 4.78 is 0. The lowest BCUT2D eigenvalue weighted by molar-refractivity contribution is -0.131. The van der Waals surface area contributed by atoms with E-state index in [4.69, 9.17) is 5.11 Å². The minimum Gasteiger partial charge on any atom is -0.478 e. The Hall–Kier alpha value is -2.10. The second kappa shape index (κ2) is 6.12. The number of amides is 1. The van der Waals surface area contributed by atoms with E-state index >= 15 is 0 Å². The Balaban J connectivity index is 2.30. The van der Waals surface area contributed by atoms with Crippen molar-refractivity contribution in [3.63, 3.8) is 0 Å². The van der Waals surface area contributed by atoms with E-state index in [1.54, 1.807) is 6.07 Å². The highest BCUT2D eigenvalue weighted by Crippen LogP contribution is 2.26. The summed E-state index contributed by atoms with van der Waals surface area (Å²) in [5.41, 5.74) is 2.25. The first-order chi connectivity index (χ1) is 9.90. The number of benzene rings is 1. The van der Waals surface area contributed by atoms with Crippen LogP contribution in [0.3, 0.4) is 0 Å². The van der Waals surface area contributed by atoms with Crippen LogP contribution in [0.25, 0.3) is 6.08 Å². The van der Waals surface area contributed by atoms with Crippen molar-refractivity contribution in [2.75, 3.05) is 6.54 Å². The summed E-state index contributed by atoms with van der Waals surface area (Å²) in [5.74, 6) is -0.428. The standard InChI is InChI=1S/C17H21NO3/c1-11-9-12(2)18(10-11)17(21)15-6-4-5-14(13(15)3)7-8-16(19)20/h4-8,11-12H,9-10H2,1-3H3,(H,19,20)/b8-7+. The van der Waals surface area contributed by atoms with Crippen LogP contribution in [0.5, 0.6) is 0 Å². The van der Waals surface area contributed by atoms with Crippen LogP contribution < -0.4 is 0 Å². The topological polar surface area (TPSA) is 57.6 Å². The van der Waals surface area contributed by atoms with E-state index in [0.29, 0.717) is 11.5 Å². The zero-order valence-corrected chi connectivity index (χ0v) is 12.7. The molecule has 1 aromatic rings. The number of carboxylic acid groups (broad SMARTS) is 1. The van der Waals surface area contributed by atoms with Gasteiger partial charge in [-0.15, -0.1) is 0 Å². The predicted molar refractivity (Wildman–Crippen MR) is 82.1 cm³/mol. The number of hydrogen-bond acceptors (Lipinski definition) is 2. The predicted octanol–water partition coefficient (Wildman–Crippen LogP) is 2.96. The molecule has 1 fully saturated rings. The first kappa shape index (κ1) is 15.3. The number of nitrogens with zero attached hydrogens (tertiary/aromatic N) is 1. The van der Waals surface area contributed by atoms with E-state index < -0.39 is 5.97 Å². The van der Waals surface area contributed by atoms with Crippen molar-refractivity contribution in [2.45, 2.75) is 33.2 Å². The first-order valence-electron chi connectivity index (χ1n) is 7.21. The molecule has 1 N–H and O–H groups in total. The maximum absolute atomic E-state index is 12.7. The largest absolute Gasteiger partial charge is 0.478 e. The number of aliphatic carboxylic acids is 1. The number of carboxylic acids is 1. The number of likely N-dealkylation sites (tertiary alicyclic amines) is 1. The van der Waals surface area contributed by atoms with Crippen LogP contribution in [0, 0.1) is 12.8 Å². The maximum atomic E-state index is 12.7. The van der Waals surface area contributed by atoms with Gasteiger partial charge in [0.2, 0.25) is 0 Å². The van der Waals surface area contributed by atoms with Gasteiger partial charge in [0.15, 0.2) is 0 Å². The lowest BCUT2D eigenvalue weighted by Gasteiger charge is -2.23. The molecule has 0 aliphatic carbocycles. The normalized spacial score (nSPS) is 22.0. The van der Waals surface area contributed by atoms with E-state index in [9.17, 15) is 9.59 Å². The number of hydrogen-bond donors (Lipinski definition) is 1. The molecule has 112 valence electrons. The molecule has 4 heteroatoms. The van der Waals surface area contributed by atoms with Gasteiger partial charge in [0, 0.05) is 24.2 Å². The molecule has 1 aromatic carbocycles. The zero-order valence-electron chi connectivity index (χ0n) is 12.7. The fraction of sp³-hybridized carbons (Fsp3) is 0.412. The number of carbonyl (C=O) groups excluding carboxylic acids is 1. The lowest BCUT2D eigenvalue weighted by Crippen LogP contribution is -2.34. The van der Waals surface area contributed by atoms with Crippen molar-refractivity contribution in [2.24, 2.45) is 5.92 Å². The summed E-state index contributed by atoms with van der Waals surface area (Å²) in [6.45, 7) is 6.88. The summed E-state index contributed by atoms with van der Waals surface area (Å²) in [5, 5.41) is 8.72. The first-order valence-corrected chi connectivity index (χ1v) is 7.21. The van der Waals surface area contributed by atoms with Crippen molar-refractivity contribution in [1.29, 1.82) is 0 Å². The fourth-order valence-electron chi connectivity index (χ4n) is 2.96. The molecule has 1 saturated heterocycles. The van der Waals surface area contributed by atoms with Crippen LogP contribution in [-0.4, -0.2) is 34.5 Å². The van der Waals surface area contributed by atoms with Crippen LogP contribution in [0.1, 0.15) is 41.8 Å². The van der Waals surface area contributed by atoms with Gasteiger partial charge >= 0.3 is 5.97 Å². The van der Waals surface area contributed by atoms with E-state index in [1.807, 2.05) is 24.0 Å². The second-order valence-corrected chi connectivity index (χ2v) is 5.84. The van der Waals surface area contributed by atoms with Gasteiger partial charge in [0.1, 0.15) is 0 Å². The quantitative estimate of drug-likeness (QED) is 0.870. The molecule has 2 unspecified atom stereocenters.